The van der Waals surface area contributed by atoms with E-state index in [-0.39, 0.29) is 0 Å². The lowest BCUT2D eigenvalue weighted by Gasteiger charge is -2.17. The molecule has 0 bridgehead atoms. The van der Waals surface area contributed by atoms with Crippen molar-refractivity contribution >= 4 is 21.6 Å². The molecule has 1 aromatic rings. The summed E-state index contributed by atoms with van der Waals surface area (Å²) < 4.78 is 6.51. The van der Waals surface area contributed by atoms with Crippen LogP contribution in [-0.2, 0) is 4.74 Å². The van der Waals surface area contributed by atoms with E-state index in [0.717, 1.165) is 10.2 Å². The van der Waals surface area contributed by atoms with E-state index >= 15 is 0 Å². The van der Waals surface area contributed by atoms with Gasteiger partial charge in [0.1, 0.15) is 0 Å². The number of hydrogen-bond donors (Lipinski definition) is 2. The molecule has 0 spiro atoms. The van der Waals surface area contributed by atoms with Gasteiger partial charge in [0.05, 0.1) is 12.7 Å². The van der Waals surface area contributed by atoms with Crippen LogP contribution < -0.4 is 5.32 Å². The Hall–Kier alpha value is -0.580. The molecule has 4 heteroatoms. The number of anilines is 1. The van der Waals surface area contributed by atoms with Gasteiger partial charge < -0.3 is 15.2 Å². The fraction of sp³-hybridized carbons (Fsp3) is 0.600. The molecule has 0 aliphatic heterocycles. The molecule has 0 aromatic heterocycles. The Labute approximate surface area is 124 Å². The molecule has 1 unspecified atom stereocenters. The van der Waals surface area contributed by atoms with Crippen LogP contribution in [0.3, 0.4) is 0 Å². The summed E-state index contributed by atoms with van der Waals surface area (Å²) in [5.74, 6) is 0.496. The molecule has 0 saturated carbocycles. The van der Waals surface area contributed by atoms with E-state index < -0.39 is 6.10 Å². The van der Waals surface area contributed by atoms with Crippen LogP contribution in [0.25, 0.3) is 0 Å². The summed E-state index contributed by atoms with van der Waals surface area (Å²) >= 11 is 3.48. The Kier molecular flexibility index (Phi) is 6.83. The van der Waals surface area contributed by atoms with Gasteiger partial charge in [-0.25, -0.2) is 0 Å². The first kappa shape index (κ1) is 16.5. The Morgan fingerprint density at radius 2 is 1.79 bits per heavy atom. The molecular formula is C15H24BrNO2. The monoisotopic (exact) mass is 329 g/mol. The molecule has 0 heterocycles. The van der Waals surface area contributed by atoms with Crippen LogP contribution in [-0.4, -0.2) is 31.0 Å². The van der Waals surface area contributed by atoms with Gasteiger partial charge in [-0.3, -0.25) is 0 Å². The van der Waals surface area contributed by atoms with Gasteiger partial charge in [-0.15, -0.1) is 0 Å². The number of rotatable bonds is 7. The fourth-order valence-corrected chi connectivity index (χ4v) is 2.59. The zero-order valence-electron chi connectivity index (χ0n) is 12.2. The number of halogens is 1. The molecular weight excluding hydrogens is 306 g/mol. The molecule has 0 aliphatic carbocycles. The molecule has 1 atom stereocenters. The van der Waals surface area contributed by atoms with Gasteiger partial charge in [-0.2, -0.15) is 0 Å². The van der Waals surface area contributed by atoms with E-state index in [1.165, 1.54) is 11.1 Å². The van der Waals surface area contributed by atoms with E-state index in [2.05, 4.69) is 61.1 Å². The first-order valence-corrected chi connectivity index (χ1v) is 7.46. The topological polar surface area (TPSA) is 41.5 Å². The zero-order valence-corrected chi connectivity index (χ0v) is 13.8. The molecule has 1 rings (SSSR count). The fourth-order valence-electron chi connectivity index (χ4n) is 1.91. The lowest BCUT2D eigenvalue weighted by atomic mass is 10.1. The van der Waals surface area contributed by atoms with Crippen LogP contribution in [0.15, 0.2) is 16.6 Å². The Bertz CT molecular complexity index is 384. The van der Waals surface area contributed by atoms with Gasteiger partial charge in [0, 0.05) is 23.3 Å². The summed E-state index contributed by atoms with van der Waals surface area (Å²) in [5.41, 5.74) is 3.43. The standard InChI is InChI=1S/C15H24BrNO2/c1-10(2)8-19-9-14(18)7-17-15-11(3)5-13(16)6-12(15)4/h5-6,10,14,17-18H,7-9H2,1-4H3. The van der Waals surface area contributed by atoms with Crippen LogP contribution in [0, 0.1) is 19.8 Å². The smallest absolute Gasteiger partial charge is 0.0945 e. The number of nitrogens with one attached hydrogen (secondary N) is 1. The maximum absolute atomic E-state index is 9.86. The Morgan fingerprint density at radius 3 is 2.32 bits per heavy atom. The van der Waals surface area contributed by atoms with Gasteiger partial charge in [-0.05, 0) is 43.0 Å². The molecule has 0 fully saturated rings. The number of hydrogen-bond acceptors (Lipinski definition) is 3. The molecule has 0 saturated heterocycles. The summed E-state index contributed by atoms with van der Waals surface area (Å²) in [4.78, 5) is 0. The second-order valence-corrected chi connectivity index (χ2v) is 6.30. The average Bonchev–Trinajstić information content (AvgIpc) is 2.26. The SMILES string of the molecule is Cc1cc(Br)cc(C)c1NCC(O)COCC(C)C. The predicted octanol–water partition coefficient (Wildman–Crippen LogP) is 3.51. The predicted molar refractivity (Wildman–Crippen MR) is 83.8 cm³/mol. The minimum atomic E-state index is -0.485. The van der Waals surface area contributed by atoms with Gasteiger partial charge >= 0.3 is 0 Å². The van der Waals surface area contributed by atoms with Crippen molar-refractivity contribution < 1.29 is 9.84 Å². The van der Waals surface area contributed by atoms with Crippen molar-refractivity contribution in [3.8, 4) is 0 Å². The average molecular weight is 330 g/mol. The quantitative estimate of drug-likeness (QED) is 0.804. The third-order valence-electron chi connectivity index (χ3n) is 2.77. The highest BCUT2D eigenvalue weighted by Gasteiger charge is 2.08. The third-order valence-corrected chi connectivity index (χ3v) is 3.23. The van der Waals surface area contributed by atoms with Crippen LogP contribution in [0.1, 0.15) is 25.0 Å². The van der Waals surface area contributed by atoms with E-state index in [9.17, 15) is 5.11 Å². The highest BCUT2D eigenvalue weighted by Crippen LogP contribution is 2.24. The van der Waals surface area contributed by atoms with Crippen molar-refractivity contribution in [1.82, 2.24) is 0 Å². The maximum Gasteiger partial charge on any atom is 0.0945 e. The van der Waals surface area contributed by atoms with Crippen LogP contribution >= 0.6 is 15.9 Å². The first-order chi connectivity index (χ1) is 8.90. The van der Waals surface area contributed by atoms with Crippen molar-refractivity contribution in [1.29, 1.82) is 0 Å². The summed E-state index contributed by atoms with van der Waals surface area (Å²) in [6, 6.07) is 4.13. The van der Waals surface area contributed by atoms with E-state index in [4.69, 9.17) is 4.74 Å². The third kappa shape index (κ3) is 5.93. The van der Waals surface area contributed by atoms with Gasteiger partial charge in [0.25, 0.3) is 0 Å². The number of aliphatic hydroxyl groups is 1. The van der Waals surface area contributed by atoms with Gasteiger partial charge in [0.2, 0.25) is 0 Å². The van der Waals surface area contributed by atoms with Crippen molar-refractivity contribution in [2.24, 2.45) is 5.92 Å². The van der Waals surface area contributed by atoms with Crippen molar-refractivity contribution in [2.45, 2.75) is 33.8 Å². The van der Waals surface area contributed by atoms with Crippen molar-refractivity contribution in [3.05, 3.63) is 27.7 Å². The molecule has 0 aliphatic rings. The number of aryl methyl sites for hydroxylation is 2. The minimum absolute atomic E-state index is 0.375. The maximum atomic E-state index is 9.86. The summed E-state index contributed by atoms with van der Waals surface area (Å²) in [7, 11) is 0. The Balaban J connectivity index is 2.44. The summed E-state index contributed by atoms with van der Waals surface area (Å²) in [6.07, 6.45) is -0.485. The largest absolute Gasteiger partial charge is 0.389 e. The second-order valence-electron chi connectivity index (χ2n) is 5.38. The van der Waals surface area contributed by atoms with E-state index in [1.807, 2.05) is 0 Å². The number of ether oxygens (including phenoxy) is 1. The van der Waals surface area contributed by atoms with Crippen LogP contribution in [0.5, 0.6) is 0 Å². The molecule has 1 aromatic carbocycles. The lowest BCUT2D eigenvalue weighted by Crippen LogP contribution is -2.26. The summed E-state index contributed by atoms with van der Waals surface area (Å²) in [6.45, 7) is 9.87. The normalized spacial score (nSPS) is 12.8. The second kappa shape index (κ2) is 7.88. The van der Waals surface area contributed by atoms with E-state index in [0.29, 0.717) is 25.7 Å². The highest BCUT2D eigenvalue weighted by molar-refractivity contribution is 9.10. The van der Waals surface area contributed by atoms with Gasteiger partial charge in [-0.1, -0.05) is 29.8 Å². The van der Waals surface area contributed by atoms with Gasteiger partial charge in [0.15, 0.2) is 0 Å². The van der Waals surface area contributed by atoms with Crippen LogP contribution in [0.2, 0.25) is 0 Å². The molecule has 108 valence electrons. The minimum Gasteiger partial charge on any atom is -0.389 e. The summed E-state index contributed by atoms with van der Waals surface area (Å²) in [5, 5.41) is 13.2. The van der Waals surface area contributed by atoms with Crippen LogP contribution in [0.4, 0.5) is 5.69 Å². The number of aliphatic hydroxyl groups excluding tert-OH is 1. The highest BCUT2D eigenvalue weighted by atomic mass is 79.9. The molecule has 0 amide bonds. The molecule has 0 radical (unpaired) electrons. The molecule has 3 nitrogen and oxygen atoms in total. The van der Waals surface area contributed by atoms with Crippen molar-refractivity contribution in [2.75, 3.05) is 25.1 Å². The lowest BCUT2D eigenvalue weighted by molar-refractivity contribution is 0.0318. The Morgan fingerprint density at radius 1 is 1.21 bits per heavy atom. The molecule has 19 heavy (non-hydrogen) atoms. The number of benzene rings is 1. The molecule has 2 N–H and O–H groups in total. The van der Waals surface area contributed by atoms with Crippen molar-refractivity contribution in [3.63, 3.8) is 0 Å². The van der Waals surface area contributed by atoms with E-state index in [1.54, 1.807) is 0 Å². The zero-order chi connectivity index (χ0) is 14.4. The first-order valence-electron chi connectivity index (χ1n) is 6.66.